The lowest BCUT2D eigenvalue weighted by molar-refractivity contribution is -0.118. The number of hydrogen-bond acceptors (Lipinski definition) is 5. The Kier molecular flexibility index (Phi) is 8.25. The zero-order chi connectivity index (χ0) is 21.6. The Morgan fingerprint density at radius 1 is 1.10 bits per heavy atom. The first-order valence-electron chi connectivity index (χ1n) is 9.95. The quantitative estimate of drug-likeness (QED) is 0.575. The van der Waals surface area contributed by atoms with Gasteiger partial charge in [-0.05, 0) is 36.5 Å². The summed E-state index contributed by atoms with van der Waals surface area (Å²) in [6, 6.07) is 7.91. The molecule has 0 radical (unpaired) electrons. The second-order valence-electron chi connectivity index (χ2n) is 7.90. The van der Waals surface area contributed by atoms with Gasteiger partial charge in [-0.2, -0.15) is 0 Å². The van der Waals surface area contributed by atoms with Gasteiger partial charge in [-0.25, -0.2) is 0 Å². The van der Waals surface area contributed by atoms with Crippen molar-refractivity contribution in [1.82, 2.24) is 14.8 Å². The van der Waals surface area contributed by atoms with E-state index in [-0.39, 0.29) is 23.5 Å². The zero-order valence-electron chi connectivity index (χ0n) is 17.8. The molecule has 2 aromatic rings. The lowest BCUT2D eigenvalue weighted by Gasteiger charge is -2.15. The highest BCUT2D eigenvalue weighted by Gasteiger charge is 2.21. The maximum atomic E-state index is 12.6. The van der Waals surface area contributed by atoms with E-state index in [0.717, 1.165) is 11.5 Å². The average Bonchev–Trinajstić information content (AvgIpc) is 3.01. The van der Waals surface area contributed by atoms with Crippen LogP contribution >= 0.6 is 11.8 Å². The molecule has 1 atom stereocenters. The number of hydrogen-bond donors (Lipinski definition) is 2. The summed E-state index contributed by atoms with van der Waals surface area (Å²) < 4.78 is 1.99. The number of thioether (sulfide) groups is 1. The molecule has 0 aliphatic carbocycles. The van der Waals surface area contributed by atoms with Crippen molar-refractivity contribution in [2.45, 2.75) is 70.3 Å². The minimum Gasteiger partial charge on any atom is -0.370 e. The minimum atomic E-state index is -0.366. The van der Waals surface area contributed by atoms with Crippen LogP contribution in [0.3, 0.4) is 0 Å². The van der Waals surface area contributed by atoms with Gasteiger partial charge in [0.05, 0.1) is 5.25 Å². The lowest BCUT2D eigenvalue weighted by Crippen LogP contribution is -2.23. The molecule has 2 rings (SSSR count). The van der Waals surface area contributed by atoms with E-state index in [1.807, 2.05) is 35.8 Å². The number of nitrogens with one attached hydrogen (secondary N) is 1. The molecule has 8 heteroatoms. The van der Waals surface area contributed by atoms with E-state index in [2.05, 4.69) is 43.2 Å². The topological polar surface area (TPSA) is 103 Å². The average molecular weight is 418 g/mol. The second kappa shape index (κ2) is 10.4. The summed E-state index contributed by atoms with van der Waals surface area (Å²) in [5.74, 6) is 1.09. The second-order valence-corrected chi connectivity index (χ2v) is 9.20. The van der Waals surface area contributed by atoms with Crippen LogP contribution < -0.4 is 11.1 Å². The minimum absolute atomic E-state index is 0.0925. The molecule has 29 heavy (non-hydrogen) atoms. The normalized spacial score (nSPS) is 12.4. The van der Waals surface area contributed by atoms with Crippen molar-refractivity contribution in [1.29, 1.82) is 0 Å². The maximum Gasteiger partial charge on any atom is 0.237 e. The van der Waals surface area contributed by atoms with Crippen molar-refractivity contribution >= 4 is 29.3 Å². The monoisotopic (exact) mass is 417 g/mol. The number of nitrogens with zero attached hydrogens (tertiary/aromatic N) is 3. The Morgan fingerprint density at radius 3 is 2.31 bits per heavy atom. The Balaban J connectivity index is 2.06. The number of primary amides is 1. The van der Waals surface area contributed by atoms with Gasteiger partial charge < -0.3 is 15.6 Å². The number of nitrogens with two attached hydrogens (primary N) is 1. The summed E-state index contributed by atoms with van der Waals surface area (Å²) in [6.45, 7) is 11.0. The third-order valence-corrected chi connectivity index (χ3v) is 5.51. The SMILES string of the molecule is CC(C)Cn1c(CCC(N)=O)nnc1S[C@@H](C)C(=O)Nc1ccc(C(C)C)cc1. The molecule has 0 spiro atoms. The van der Waals surface area contributed by atoms with Crippen molar-refractivity contribution < 1.29 is 9.59 Å². The fourth-order valence-corrected chi connectivity index (χ4v) is 3.66. The first-order valence-corrected chi connectivity index (χ1v) is 10.8. The van der Waals surface area contributed by atoms with Gasteiger partial charge in [-0.1, -0.05) is 51.6 Å². The van der Waals surface area contributed by atoms with Crippen LogP contribution in [0.2, 0.25) is 0 Å². The molecule has 0 aliphatic heterocycles. The highest BCUT2D eigenvalue weighted by molar-refractivity contribution is 8.00. The van der Waals surface area contributed by atoms with Crippen LogP contribution in [-0.2, 0) is 22.6 Å². The van der Waals surface area contributed by atoms with Crippen molar-refractivity contribution in [3.8, 4) is 0 Å². The summed E-state index contributed by atoms with van der Waals surface area (Å²) in [6.07, 6.45) is 0.668. The number of rotatable bonds is 10. The Hall–Kier alpha value is -2.35. The molecule has 1 aromatic heterocycles. The molecule has 3 N–H and O–H groups in total. The molecule has 0 aliphatic rings. The van der Waals surface area contributed by atoms with E-state index >= 15 is 0 Å². The van der Waals surface area contributed by atoms with Crippen molar-refractivity contribution in [3.05, 3.63) is 35.7 Å². The molecule has 0 fully saturated rings. The van der Waals surface area contributed by atoms with Crippen LogP contribution in [0.5, 0.6) is 0 Å². The van der Waals surface area contributed by atoms with Gasteiger partial charge in [0.1, 0.15) is 5.82 Å². The van der Waals surface area contributed by atoms with Crippen LogP contribution in [0.25, 0.3) is 0 Å². The smallest absolute Gasteiger partial charge is 0.237 e. The van der Waals surface area contributed by atoms with E-state index in [1.54, 1.807) is 0 Å². The van der Waals surface area contributed by atoms with Crippen LogP contribution in [0.15, 0.2) is 29.4 Å². The van der Waals surface area contributed by atoms with Gasteiger partial charge in [0.2, 0.25) is 11.8 Å². The first kappa shape index (κ1) is 22.9. The van der Waals surface area contributed by atoms with Gasteiger partial charge in [0.15, 0.2) is 5.16 Å². The van der Waals surface area contributed by atoms with Gasteiger partial charge >= 0.3 is 0 Å². The number of carbonyl (C=O) groups excluding carboxylic acids is 2. The van der Waals surface area contributed by atoms with E-state index in [9.17, 15) is 9.59 Å². The largest absolute Gasteiger partial charge is 0.370 e. The lowest BCUT2D eigenvalue weighted by atomic mass is 10.0. The van der Waals surface area contributed by atoms with Crippen LogP contribution in [0, 0.1) is 5.92 Å². The van der Waals surface area contributed by atoms with E-state index in [4.69, 9.17) is 5.73 Å². The molecule has 0 bridgehead atoms. The number of amides is 2. The molecule has 7 nitrogen and oxygen atoms in total. The van der Waals surface area contributed by atoms with Crippen LogP contribution in [0.4, 0.5) is 5.69 Å². The Bertz CT molecular complexity index is 830. The molecule has 0 saturated carbocycles. The highest BCUT2D eigenvalue weighted by atomic mass is 32.2. The van der Waals surface area contributed by atoms with Crippen molar-refractivity contribution in [2.75, 3.05) is 5.32 Å². The van der Waals surface area contributed by atoms with Crippen LogP contribution in [0.1, 0.15) is 58.3 Å². The van der Waals surface area contributed by atoms with E-state index in [1.165, 1.54) is 17.3 Å². The molecule has 2 amide bonds. The predicted octanol–water partition coefficient (Wildman–Crippen LogP) is 3.59. The van der Waals surface area contributed by atoms with E-state index < -0.39 is 0 Å². The summed E-state index contributed by atoms with van der Waals surface area (Å²) in [5, 5.41) is 11.8. The van der Waals surface area contributed by atoms with Crippen LogP contribution in [-0.4, -0.2) is 31.8 Å². The standard InChI is InChI=1S/C21H31N5O2S/c1-13(2)12-26-19(11-10-18(22)27)24-25-21(26)29-15(5)20(28)23-17-8-6-16(7-9-17)14(3)4/h6-9,13-15H,10-12H2,1-5H3,(H2,22,27)(H,23,28)/t15-/m0/s1. The van der Waals surface area contributed by atoms with Gasteiger partial charge in [-0.15, -0.1) is 10.2 Å². The molecular formula is C21H31N5O2S. The summed E-state index contributed by atoms with van der Waals surface area (Å²) in [5.41, 5.74) is 7.27. The first-order chi connectivity index (χ1) is 13.7. The molecule has 1 aromatic carbocycles. The van der Waals surface area contributed by atoms with Gasteiger partial charge in [0.25, 0.3) is 0 Å². The zero-order valence-corrected chi connectivity index (χ0v) is 18.6. The van der Waals surface area contributed by atoms with Gasteiger partial charge in [-0.3, -0.25) is 9.59 Å². The molecule has 0 unspecified atom stereocenters. The summed E-state index contributed by atoms with van der Waals surface area (Å²) in [7, 11) is 0. The molecule has 158 valence electrons. The maximum absolute atomic E-state index is 12.6. The van der Waals surface area contributed by atoms with E-state index in [0.29, 0.717) is 30.0 Å². The molecular weight excluding hydrogens is 386 g/mol. The van der Waals surface area contributed by atoms with Gasteiger partial charge in [0, 0.05) is 25.1 Å². The molecule has 0 saturated heterocycles. The fraction of sp³-hybridized carbons (Fsp3) is 0.524. The fourth-order valence-electron chi connectivity index (χ4n) is 2.78. The third kappa shape index (κ3) is 6.88. The third-order valence-electron chi connectivity index (χ3n) is 4.43. The molecule has 1 heterocycles. The number of benzene rings is 1. The van der Waals surface area contributed by atoms with Crippen molar-refractivity contribution in [2.24, 2.45) is 11.7 Å². The number of carbonyl (C=O) groups is 2. The number of aryl methyl sites for hydroxylation is 1. The highest BCUT2D eigenvalue weighted by Crippen LogP contribution is 2.25. The Labute approximate surface area is 176 Å². The number of aromatic nitrogens is 3. The summed E-state index contributed by atoms with van der Waals surface area (Å²) in [4.78, 5) is 23.8. The van der Waals surface area contributed by atoms with Crippen molar-refractivity contribution in [3.63, 3.8) is 0 Å². The predicted molar refractivity (Wildman–Crippen MR) is 117 cm³/mol. The summed E-state index contributed by atoms with van der Waals surface area (Å²) >= 11 is 1.36. The Morgan fingerprint density at radius 2 is 1.76 bits per heavy atom. The number of anilines is 1.